The molecule has 3 heteroatoms. The third kappa shape index (κ3) is 1.88. The lowest BCUT2D eigenvalue weighted by molar-refractivity contribution is 0.394. The highest BCUT2D eigenvalue weighted by Crippen LogP contribution is 2.25. The molecule has 2 aliphatic heterocycles. The van der Waals surface area contributed by atoms with Crippen LogP contribution in [0.3, 0.4) is 0 Å². The van der Waals surface area contributed by atoms with Gasteiger partial charge in [0.2, 0.25) is 0 Å². The van der Waals surface area contributed by atoms with Gasteiger partial charge in [-0.3, -0.25) is 0 Å². The molecule has 3 heterocycles. The second-order valence-electron chi connectivity index (χ2n) is 5.38. The Morgan fingerprint density at radius 3 is 3.12 bits per heavy atom. The molecule has 0 aromatic carbocycles. The van der Waals surface area contributed by atoms with Gasteiger partial charge in [0.05, 0.1) is 11.7 Å². The van der Waals surface area contributed by atoms with E-state index in [-0.39, 0.29) is 0 Å². The fourth-order valence-corrected chi connectivity index (χ4v) is 2.91. The molecule has 0 aliphatic carbocycles. The highest BCUT2D eigenvalue weighted by atomic mass is 15.1. The zero-order valence-corrected chi connectivity index (χ0v) is 10.1. The molecule has 0 radical (unpaired) electrons. The van der Waals surface area contributed by atoms with Gasteiger partial charge in [-0.1, -0.05) is 13.3 Å². The molecule has 16 heavy (non-hydrogen) atoms. The topological polar surface area (TPSA) is 29.9 Å². The molecule has 2 aliphatic rings. The van der Waals surface area contributed by atoms with Crippen LogP contribution in [-0.4, -0.2) is 16.1 Å². The van der Waals surface area contributed by atoms with Gasteiger partial charge < -0.3 is 9.88 Å². The normalized spacial score (nSPS) is 30.1. The largest absolute Gasteiger partial charge is 0.334 e. The maximum absolute atomic E-state index is 4.81. The van der Waals surface area contributed by atoms with Crippen molar-refractivity contribution < 1.29 is 0 Å². The van der Waals surface area contributed by atoms with Crippen molar-refractivity contribution in [1.29, 1.82) is 0 Å². The van der Waals surface area contributed by atoms with E-state index in [1.807, 2.05) is 0 Å². The summed E-state index contributed by atoms with van der Waals surface area (Å²) in [4.78, 5) is 4.81. The Morgan fingerprint density at radius 1 is 1.38 bits per heavy atom. The zero-order chi connectivity index (χ0) is 11.0. The van der Waals surface area contributed by atoms with Crippen molar-refractivity contribution in [2.45, 2.75) is 51.6 Å². The molecule has 0 amide bonds. The molecular formula is C13H21N3. The van der Waals surface area contributed by atoms with E-state index < -0.39 is 0 Å². The molecule has 1 aromatic rings. The van der Waals surface area contributed by atoms with Crippen LogP contribution in [-0.2, 0) is 13.0 Å². The van der Waals surface area contributed by atoms with Crippen LogP contribution in [0.5, 0.6) is 0 Å². The van der Waals surface area contributed by atoms with Gasteiger partial charge in [0.1, 0.15) is 5.82 Å². The molecule has 3 rings (SSSR count). The van der Waals surface area contributed by atoms with Gasteiger partial charge in [-0.15, -0.1) is 0 Å². The Morgan fingerprint density at radius 2 is 2.31 bits per heavy atom. The molecule has 1 aromatic heterocycles. The standard InChI is InChI=1S/C13H21N3/c1-10-5-6-13-15-12(9-16(13)8-10)11-4-2-3-7-14-11/h9-11,14H,2-8H2,1H3. The highest BCUT2D eigenvalue weighted by molar-refractivity contribution is 5.11. The molecule has 0 spiro atoms. The SMILES string of the molecule is CC1CCc2nc(C3CCCCN3)cn2C1. The third-order valence-corrected chi connectivity index (χ3v) is 3.91. The van der Waals surface area contributed by atoms with E-state index >= 15 is 0 Å². The molecule has 0 bridgehead atoms. The van der Waals surface area contributed by atoms with Gasteiger partial charge >= 0.3 is 0 Å². The molecule has 1 fully saturated rings. The predicted octanol–water partition coefficient (Wildman–Crippen LogP) is 2.28. The quantitative estimate of drug-likeness (QED) is 0.785. The van der Waals surface area contributed by atoms with Crippen molar-refractivity contribution in [2.24, 2.45) is 5.92 Å². The first-order valence-corrected chi connectivity index (χ1v) is 6.62. The minimum atomic E-state index is 0.516. The van der Waals surface area contributed by atoms with E-state index in [2.05, 4.69) is 23.0 Å². The predicted molar refractivity (Wildman–Crippen MR) is 64.3 cm³/mol. The fourth-order valence-electron chi connectivity index (χ4n) is 2.91. The Bertz CT molecular complexity index is 363. The highest BCUT2D eigenvalue weighted by Gasteiger charge is 2.22. The smallest absolute Gasteiger partial charge is 0.109 e. The van der Waals surface area contributed by atoms with Crippen molar-refractivity contribution in [2.75, 3.05) is 6.54 Å². The first-order valence-electron chi connectivity index (χ1n) is 6.62. The minimum Gasteiger partial charge on any atom is -0.334 e. The number of aromatic nitrogens is 2. The van der Waals surface area contributed by atoms with Crippen LogP contribution < -0.4 is 5.32 Å². The summed E-state index contributed by atoms with van der Waals surface area (Å²) in [5, 5.41) is 3.58. The van der Waals surface area contributed by atoms with Crippen molar-refractivity contribution in [3.8, 4) is 0 Å². The van der Waals surface area contributed by atoms with Crippen LogP contribution in [0.15, 0.2) is 6.20 Å². The van der Waals surface area contributed by atoms with E-state index in [1.54, 1.807) is 0 Å². The number of rotatable bonds is 1. The Labute approximate surface area is 97.3 Å². The van der Waals surface area contributed by atoms with Crippen LogP contribution in [0.1, 0.15) is 50.2 Å². The lowest BCUT2D eigenvalue weighted by Gasteiger charge is -2.21. The number of imidazole rings is 1. The van der Waals surface area contributed by atoms with Crippen LogP contribution in [0, 0.1) is 5.92 Å². The summed E-state index contributed by atoms with van der Waals surface area (Å²) in [7, 11) is 0. The molecule has 3 nitrogen and oxygen atoms in total. The molecule has 1 saturated heterocycles. The number of hydrogen-bond acceptors (Lipinski definition) is 2. The van der Waals surface area contributed by atoms with E-state index in [9.17, 15) is 0 Å². The van der Waals surface area contributed by atoms with Gasteiger partial charge in [-0.25, -0.2) is 4.98 Å². The summed E-state index contributed by atoms with van der Waals surface area (Å²) in [5.41, 5.74) is 1.28. The van der Waals surface area contributed by atoms with Crippen LogP contribution >= 0.6 is 0 Å². The van der Waals surface area contributed by atoms with E-state index in [4.69, 9.17) is 4.98 Å². The number of fused-ring (bicyclic) bond motifs is 1. The summed E-state index contributed by atoms with van der Waals surface area (Å²) >= 11 is 0. The maximum atomic E-state index is 4.81. The molecular weight excluding hydrogens is 198 g/mol. The number of hydrogen-bond donors (Lipinski definition) is 1. The van der Waals surface area contributed by atoms with Crippen molar-refractivity contribution in [3.05, 3.63) is 17.7 Å². The number of aryl methyl sites for hydroxylation is 1. The molecule has 88 valence electrons. The van der Waals surface area contributed by atoms with E-state index in [1.165, 1.54) is 37.2 Å². The summed E-state index contributed by atoms with van der Waals surface area (Å²) < 4.78 is 2.37. The van der Waals surface area contributed by atoms with Gasteiger partial charge in [0, 0.05) is 19.2 Å². The van der Waals surface area contributed by atoms with Gasteiger partial charge in [0.25, 0.3) is 0 Å². The summed E-state index contributed by atoms with van der Waals surface area (Å²) in [5.74, 6) is 2.12. The van der Waals surface area contributed by atoms with Gasteiger partial charge in [-0.05, 0) is 31.7 Å². The Hall–Kier alpha value is -0.830. The number of nitrogens with one attached hydrogen (secondary N) is 1. The summed E-state index contributed by atoms with van der Waals surface area (Å²) in [6.07, 6.45) is 8.67. The van der Waals surface area contributed by atoms with Crippen LogP contribution in [0.4, 0.5) is 0 Å². The summed E-state index contributed by atoms with van der Waals surface area (Å²) in [6, 6.07) is 0.516. The number of nitrogens with zero attached hydrogens (tertiary/aromatic N) is 2. The molecule has 2 atom stereocenters. The second-order valence-corrected chi connectivity index (χ2v) is 5.38. The Balaban J connectivity index is 1.80. The lowest BCUT2D eigenvalue weighted by atomic mass is 10.0. The van der Waals surface area contributed by atoms with Crippen molar-refractivity contribution in [3.63, 3.8) is 0 Å². The van der Waals surface area contributed by atoms with E-state index in [0.717, 1.165) is 25.4 Å². The van der Waals surface area contributed by atoms with E-state index in [0.29, 0.717) is 6.04 Å². The first-order chi connectivity index (χ1) is 7.83. The van der Waals surface area contributed by atoms with Gasteiger partial charge in [-0.2, -0.15) is 0 Å². The minimum absolute atomic E-state index is 0.516. The molecule has 0 saturated carbocycles. The number of piperidine rings is 1. The van der Waals surface area contributed by atoms with Gasteiger partial charge in [0.15, 0.2) is 0 Å². The van der Waals surface area contributed by atoms with Crippen LogP contribution in [0.2, 0.25) is 0 Å². The van der Waals surface area contributed by atoms with Crippen LogP contribution in [0.25, 0.3) is 0 Å². The zero-order valence-electron chi connectivity index (χ0n) is 10.1. The molecule has 1 N–H and O–H groups in total. The Kier molecular flexibility index (Phi) is 2.72. The lowest BCUT2D eigenvalue weighted by Crippen LogP contribution is -2.27. The fraction of sp³-hybridized carbons (Fsp3) is 0.769. The maximum Gasteiger partial charge on any atom is 0.109 e. The average Bonchev–Trinajstić information content (AvgIpc) is 2.73. The second kappa shape index (κ2) is 4.21. The monoisotopic (exact) mass is 219 g/mol. The average molecular weight is 219 g/mol. The van der Waals surface area contributed by atoms with Crippen molar-refractivity contribution in [1.82, 2.24) is 14.9 Å². The third-order valence-electron chi connectivity index (χ3n) is 3.91. The molecule has 2 unspecified atom stereocenters. The first kappa shape index (κ1) is 10.3. The van der Waals surface area contributed by atoms with Crippen molar-refractivity contribution >= 4 is 0 Å². The summed E-state index contributed by atoms with van der Waals surface area (Å²) in [6.45, 7) is 4.65.